The van der Waals surface area contributed by atoms with Crippen molar-refractivity contribution < 1.29 is 4.74 Å². The van der Waals surface area contributed by atoms with Gasteiger partial charge in [-0.05, 0) is 19.1 Å². The molecule has 1 aliphatic heterocycles. The molecule has 17 heavy (non-hydrogen) atoms. The number of pyridine rings is 1. The van der Waals surface area contributed by atoms with E-state index >= 15 is 0 Å². The molecule has 2 atom stereocenters. The molecule has 1 aliphatic rings. The van der Waals surface area contributed by atoms with Crippen LogP contribution in [0.1, 0.15) is 11.3 Å². The molecule has 4 heteroatoms. The van der Waals surface area contributed by atoms with E-state index in [2.05, 4.69) is 20.9 Å². The molecule has 2 aromatic rings. The van der Waals surface area contributed by atoms with E-state index in [0.717, 1.165) is 28.8 Å². The second kappa shape index (κ2) is 4.14. The van der Waals surface area contributed by atoms with Crippen LogP contribution in [0.15, 0.2) is 24.3 Å². The zero-order valence-corrected chi connectivity index (χ0v) is 11.6. The molecule has 0 spiro atoms. The number of hydrogen-bond donors (Lipinski definition) is 0. The summed E-state index contributed by atoms with van der Waals surface area (Å²) >= 11 is 9.42. The van der Waals surface area contributed by atoms with Crippen molar-refractivity contribution in [2.45, 2.75) is 23.7 Å². The van der Waals surface area contributed by atoms with Gasteiger partial charge in [0.25, 0.3) is 0 Å². The number of para-hydroxylation sites is 1. The molecule has 0 N–H and O–H groups in total. The first-order valence-electron chi connectivity index (χ1n) is 5.50. The largest absolute Gasteiger partial charge is 0.487 e. The van der Waals surface area contributed by atoms with Crippen molar-refractivity contribution in [3.63, 3.8) is 0 Å². The minimum Gasteiger partial charge on any atom is -0.487 e. The monoisotopic (exact) mass is 311 g/mol. The van der Waals surface area contributed by atoms with E-state index in [4.69, 9.17) is 16.3 Å². The molecule has 0 saturated heterocycles. The predicted molar refractivity (Wildman–Crippen MR) is 73.2 cm³/mol. The van der Waals surface area contributed by atoms with Crippen molar-refractivity contribution in [3.8, 4) is 5.75 Å². The van der Waals surface area contributed by atoms with Gasteiger partial charge in [0.2, 0.25) is 0 Å². The van der Waals surface area contributed by atoms with E-state index < -0.39 is 0 Å². The Morgan fingerprint density at radius 2 is 2.24 bits per heavy atom. The first kappa shape index (κ1) is 11.3. The Morgan fingerprint density at radius 3 is 3.00 bits per heavy atom. The van der Waals surface area contributed by atoms with Crippen LogP contribution in [0.4, 0.5) is 0 Å². The second-order valence-electron chi connectivity index (χ2n) is 4.22. The molecule has 0 radical (unpaired) electrons. The average molecular weight is 313 g/mol. The van der Waals surface area contributed by atoms with Gasteiger partial charge >= 0.3 is 0 Å². The van der Waals surface area contributed by atoms with Crippen LogP contribution in [0.3, 0.4) is 0 Å². The average Bonchev–Trinajstić information content (AvgIpc) is 2.75. The molecule has 0 fully saturated rings. The molecule has 0 aliphatic carbocycles. The van der Waals surface area contributed by atoms with Gasteiger partial charge in [0.15, 0.2) is 0 Å². The van der Waals surface area contributed by atoms with Gasteiger partial charge in [0, 0.05) is 23.1 Å². The normalized spacial score (nSPS) is 20.1. The van der Waals surface area contributed by atoms with Gasteiger partial charge in [0.1, 0.15) is 16.1 Å². The number of benzene rings is 1. The highest BCUT2D eigenvalue weighted by molar-refractivity contribution is 9.10. The zero-order chi connectivity index (χ0) is 12.0. The van der Waals surface area contributed by atoms with Crippen LogP contribution in [-0.4, -0.2) is 15.4 Å². The van der Waals surface area contributed by atoms with E-state index in [1.165, 1.54) is 5.56 Å². The number of halogens is 2. The second-order valence-corrected chi connectivity index (χ2v) is 6.20. The molecular weight excluding hydrogens is 302 g/mol. The number of rotatable bonds is 1. The van der Waals surface area contributed by atoms with Gasteiger partial charge < -0.3 is 4.74 Å². The van der Waals surface area contributed by atoms with Gasteiger partial charge in [-0.1, -0.05) is 28.1 Å². The summed E-state index contributed by atoms with van der Waals surface area (Å²) < 4.78 is 5.77. The summed E-state index contributed by atoms with van der Waals surface area (Å²) in [5.74, 6) is 0.947. The maximum Gasteiger partial charge on any atom is 0.134 e. The minimum atomic E-state index is -0.173. The van der Waals surface area contributed by atoms with Gasteiger partial charge in [-0.25, -0.2) is 0 Å². The lowest BCUT2D eigenvalue weighted by molar-refractivity contribution is 0.254. The Hall–Kier alpha value is -0.800. The number of ether oxygens (including phenoxy) is 1. The summed E-state index contributed by atoms with van der Waals surface area (Å²) in [6.45, 7) is 2.02. The first-order chi connectivity index (χ1) is 8.16. The molecule has 2 unspecified atom stereocenters. The Balaban J connectivity index is 2.20. The molecule has 0 bridgehead atoms. The Labute approximate surface area is 113 Å². The molecule has 1 aromatic carbocycles. The maximum atomic E-state index is 6.05. The van der Waals surface area contributed by atoms with Crippen LogP contribution in [0, 0.1) is 6.92 Å². The highest BCUT2D eigenvalue weighted by Crippen LogP contribution is 2.39. The van der Waals surface area contributed by atoms with E-state index in [9.17, 15) is 0 Å². The standard InChI is InChI=1S/C13H11BrClNO/c1-7-9-6-11(13(14)15)17-12(9)8-4-2-3-5-10(8)16-7/h2-5,11,13H,6H2,1H3. The van der Waals surface area contributed by atoms with Crippen LogP contribution in [0.5, 0.6) is 5.75 Å². The molecule has 3 rings (SSSR count). The van der Waals surface area contributed by atoms with E-state index in [1.807, 2.05) is 31.2 Å². The number of aromatic nitrogens is 1. The third kappa shape index (κ3) is 1.81. The molecule has 2 heterocycles. The Bertz CT molecular complexity index is 585. The number of nitrogens with zero attached hydrogens (tertiary/aromatic N) is 1. The number of alkyl halides is 2. The first-order valence-corrected chi connectivity index (χ1v) is 6.85. The van der Waals surface area contributed by atoms with Crippen LogP contribution in [-0.2, 0) is 6.42 Å². The van der Waals surface area contributed by atoms with E-state index in [-0.39, 0.29) is 10.4 Å². The summed E-state index contributed by atoms with van der Waals surface area (Å²) in [6, 6.07) is 8.04. The van der Waals surface area contributed by atoms with Crippen LogP contribution >= 0.6 is 27.5 Å². The molecular formula is C13H11BrClNO. The van der Waals surface area contributed by atoms with Gasteiger partial charge in [0.05, 0.1) is 5.52 Å². The highest BCUT2D eigenvalue weighted by atomic mass is 79.9. The van der Waals surface area contributed by atoms with Crippen molar-refractivity contribution in [1.82, 2.24) is 4.98 Å². The van der Waals surface area contributed by atoms with Gasteiger partial charge in [-0.3, -0.25) is 4.98 Å². The van der Waals surface area contributed by atoms with Crippen molar-refractivity contribution in [3.05, 3.63) is 35.5 Å². The van der Waals surface area contributed by atoms with Gasteiger partial charge in [-0.15, -0.1) is 11.6 Å². The smallest absolute Gasteiger partial charge is 0.134 e. The van der Waals surface area contributed by atoms with E-state index in [0.29, 0.717) is 0 Å². The fourth-order valence-electron chi connectivity index (χ4n) is 2.25. The Kier molecular flexibility index (Phi) is 2.75. The Morgan fingerprint density at radius 1 is 1.47 bits per heavy atom. The molecule has 0 saturated carbocycles. The lowest BCUT2D eigenvalue weighted by Gasteiger charge is -2.11. The van der Waals surface area contributed by atoms with Gasteiger partial charge in [-0.2, -0.15) is 0 Å². The fourth-order valence-corrected chi connectivity index (χ4v) is 2.68. The van der Waals surface area contributed by atoms with Crippen molar-refractivity contribution in [1.29, 1.82) is 0 Å². The summed E-state index contributed by atoms with van der Waals surface area (Å²) in [5.41, 5.74) is 3.19. The van der Waals surface area contributed by atoms with Crippen molar-refractivity contribution in [2.24, 2.45) is 0 Å². The van der Waals surface area contributed by atoms with Crippen molar-refractivity contribution >= 4 is 38.4 Å². The fraction of sp³-hybridized carbons (Fsp3) is 0.308. The lowest BCUT2D eigenvalue weighted by Crippen LogP contribution is -2.20. The minimum absolute atomic E-state index is 0.0158. The SMILES string of the molecule is Cc1nc2ccccc2c2c1CC(C(Cl)Br)O2. The summed E-state index contributed by atoms with van der Waals surface area (Å²) in [7, 11) is 0. The van der Waals surface area contributed by atoms with Crippen LogP contribution in [0.2, 0.25) is 0 Å². The molecule has 1 aromatic heterocycles. The van der Waals surface area contributed by atoms with E-state index in [1.54, 1.807) is 0 Å². The third-order valence-corrected chi connectivity index (χ3v) is 3.97. The third-order valence-electron chi connectivity index (χ3n) is 3.10. The summed E-state index contributed by atoms with van der Waals surface area (Å²) in [6.07, 6.45) is 0.802. The number of fused-ring (bicyclic) bond motifs is 3. The number of hydrogen-bond acceptors (Lipinski definition) is 2. The lowest BCUT2D eigenvalue weighted by atomic mass is 10.1. The topological polar surface area (TPSA) is 22.1 Å². The predicted octanol–water partition coefficient (Wildman–Crippen LogP) is 3.81. The highest BCUT2D eigenvalue weighted by Gasteiger charge is 2.30. The number of aryl methyl sites for hydroxylation is 1. The molecule has 0 amide bonds. The maximum absolute atomic E-state index is 6.05. The zero-order valence-electron chi connectivity index (χ0n) is 9.28. The summed E-state index contributed by atoms with van der Waals surface area (Å²) in [5, 5.41) is 1.07. The summed E-state index contributed by atoms with van der Waals surface area (Å²) in [4.78, 5) is 4.60. The van der Waals surface area contributed by atoms with Crippen LogP contribution in [0.25, 0.3) is 10.9 Å². The molecule has 2 nitrogen and oxygen atoms in total. The van der Waals surface area contributed by atoms with Crippen LogP contribution < -0.4 is 4.74 Å². The molecule has 88 valence electrons. The quantitative estimate of drug-likeness (QED) is 0.747. The van der Waals surface area contributed by atoms with Crippen molar-refractivity contribution in [2.75, 3.05) is 0 Å².